The Hall–Kier alpha value is -2.19. The molecule has 4 heterocycles. The number of thiazole rings is 1. The molecule has 0 bridgehead atoms. The van der Waals surface area contributed by atoms with E-state index in [1.807, 2.05) is 31.4 Å². The molecule has 0 aliphatic carbocycles. The van der Waals surface area contributed by atoms with Crippen molar-refractivity contribution >= 4 is 33.6 Å². The molecule has 0 aromatic carbocycles. The highest BCUT2D eigenvalue weighted by Gasteiger charge is 2.60. The second kappa shape index (κ2) is 5.15. The van der Waals surface area contributed by atoms with Crippen molar-refractivity contribution in [1.29, 1.82) is 0 Å². The number of aliphatic carboxylic acids is 1. The number of imidazole rings is 1. The zero-order valence-electron chi connectivity index (χ0n) is 14.3. The summed E-state index contributed by atoms with van der Waals surface area (Å²) in [5.74, 6) is -1.26. The zero-order valence-corrected chi connectivity index (χ0v) is 15.2. The first-order chi connectivity index (χ1) is 11.7. The normalized spacial score (nSPS) is 27.0. The van der Waals surface area contributed by atoms with Crippen LogP contribution < -0.4 is 0 Å². The summed E-state index contributed by atoms with van der Waals surface area (Å²) in [5, 5.41) is 19.7. The molecule has 132 valence electrons. The van der Waals surface area contributed by atoms with E-state index < -0.39 is 18.0 Å². The molecule has 0 radical (unpaired) electrons. The van der Waals surface area contributed by atoms with Gasteiger partial charge in [-0.15, -0.1) is 11.3 Å². The number of aromatic nitrogens is 2. The molecule has 1 fully saturated rings. The predicted molar refractivity (Wildman–Crippen MR) is 92.1 cm³/mol. The van der Waals surface area contributed by atoms with Gasteiger partial charge in [-0.25, -0.2) is 9.78 Å². The number of nitrogens with zero attached hydrogens (tertiary/aromatic N) is 3. The van der Waals surface area contributed by atoms with Crippen molar-refractivity contribution in [3.63, 3.8) is 0 Å². The molecule has 2 aliphatic heterocycles. The number of carbonyl (C=O) groups excluding carboxylic acids is 1. The number of fused-ring (bicyclic) bond motifs is 2. The maximum absolute atomic E-state index is 12.4. The molecule has 7 nitrogen and oxygen atoms in total. The predicted octanol–water partition coefficient (Wildman–Crippen LogP) is 1.67. The Morgan fingerprint density at radius 3 is 2.64 bits per heavy atom. The van der Waals surface area contributed by atoms with Gasteiger partial charge < -0.3 is 15.1 Å². The molecule has 1 saturated heterocycles. The molecule has 0 saturated carbocycles. The molecule has 2 aliphatic rings. The summed E-state index contributed by atoms with van der Waals surface area (Å²) < 4.78 is 1.96. The Labute approximate surface area is 148 Å². The molecule has 2 aromatic rings. The van der Waals surface area contributed by atoms with Crippen molar-refractivity contribution in [2.24, 2.45) is 11.8 Å². The van der Waals surface area contributed by atoms with Gasteiger partial charge in [-0.3, -0.25) is 9.20 Å². The van der Waals surface area contributed by atoms with Crippen molar-refractivity contribution in [3.05, 3.63) is 28.3 Å². The van der Waals surface area contributed by atoms with Crippen molar-refractivity contribution in [3.8, 4) is 0 Å². The summed E-state index contributed by atoms with van der Waals surface area (Å²) >= 11 is 1.49. The molecule has 0 unspecified atom stereocenters. The van der Waals surface area contributed by atoms with Crippen LogP contribution in [0.3, 0.4) is 0 Å². The maximum Gasteiger partial charge on any atom is 0.352 e. The van der Waals surface area contributed by atoms with Crippen LogP contribution >= 0.6 is 11.3 Å². The van der Waals surface area contributed by atoms with Crippen molar-refractivity contribution in [1.82, 2.24) is 14.3 Å². The van der Waals surface area contributed by atoms with Gasteiger partial charge in [-0.1, -0.05) is 6.92 Å². The number of aryl methyl sites for hydroxylation is 2. The second-order valence-corrected chi connectivity index (χ2v) is 7.87. The van der Waals surface area contributed by atoms with Crippen molar-refractivity contribution < 1.29 is 19.8 Å². The molecule has 8 heteroatoms. The van der Waals surface area contributed by atoms with E-state index in [1.165, 1.54) is 16.2 Å². The van der Waals surface area contributed by atoms with Gasteiger partial charge in [0.1, 0.15) is 16.4 Å². The van der Waals surface area contributed by atoms with E-state index in [0.29, 0.717) is 5.57 Å². The summed E-state index contributed by atoms with van der Waals surface area (Å²) in [7, 11) is 0. The average molecular weight is 361 g/mol. The Balaban J connectivity index is 1.88. The quantitative estimate of drug-likeness (QED) is 0.811. The van der Waals surface area contributed by atoms with E-state index in [1.54, 1.807) is 6.92 Å². The van der Waals surface area contributed by atoms with Crippen LogP contribution in [0, 0.1) is 25.7 Å². The molecule has 1 amide bonds. The van der Waals surface area contributed by atoms with Crippen LogP contribution in [-0.2, 0) is 9.59 Å². The van der Waals surface area contributed by atoms with Crippen LogP contribution in [0.25, 0.3) is 10.4 Å². The van der Waals surface area contributed by atoms with Gasteiger partial charge in [0, 0.05) is 17.7 Å². The lowest BCUT2D eigenvalue weighted by atomic mass is 9.77. The monoisotopic (exact) mass is 361 g/mol. The first kappa shape index (κ1) is 16.3. The van der Waals surface area contributed by atoms with Crippen LogP contribution in [0.4, 0.5) is 0 Å². The number of aliphatic hydroxyl groups excluding tert-OH is 1. The third kappa shape index (κ3) is 1.98. The fraction of sp³-hybridized carbons (Fsp3) is 0.471. The number of amides is 1. The molecule has 4 atom stereocenters. The largest absolute Gasteiger partial charge is 0.477 e. The number of carbonyl (C=O) groups is 2. The third-order valence-electron chi connectivity index (χ3n) is 5.30. The Bertz CT molecular complexity index is 920. The van der Waals surface area contributed by atoms with Crippen molar-refractivity contribution in [2.45, 2.75) is 39.8 Å². The minimum Gasteiger partial charge on any atom is -0.477 e. The Kier molecular flexibility index (Phi) is 3.36. The first-order valence-electron chi connectivity index (χ1n) is 8.18. The van der Waals surface area contributed by atoms with Gasteiger partial charge in [-0.05, 0) is 20.8 Å². The van der Waals surface area contributed by atoms with Gasteiger partial charge in [0.05, 0.1) is 28.6 Å². The molecular weight excluding hydrogens is 342 g/mol. The van der Waals surface area contributed by atoms with E-state index in [2.05, 4.69) is 4.98 Å². The van der Waals surface area contributed by atoms with Gasteiger partial charge in [0.25, 0.3) is 0 Å². The topological polar surface area (TPSA) is 95.1 Å². The van der Waals surface area contributed by atoms with Crippen LogP contribution in [0.2, 0.25) is 0 Å². The van der Waals surface area contributed by atoms with E-state index in [9.17, 15) is 19.8 Å². The number of hydrogen-bond donors (Lipinski definition) is 2. The number of carboxylic acids is 1. The number of β-lactam (4-membered cyclic amide) rings is 1. The summed E-state index contributed by atoms with van der Waals surface area (Å²) in [4.78, 5) is 31.9. The average Bonchev–Trinajstić information content (AvgIpc) is 3.11. The molecule has 4 rings (SSSR count). The fourth-order valence-corrected chi connectivity index (χ4v) is 5.44. The van der Waals surface area contributed by atoms with Gasteiger partial charge in [0.2, 0.25) is 5.91 Å². The van der Waals surface area contributed by atoms with Crippen LogP contribution in [0.5, 0.6) is 0 Å². The van der Waals surface area contributed by atoms with Crippen LogP contribution in [-0.4, -0.2) is 48.5 Å². The first-order valence-corrected chi connectivity index (χ1v) is 8.99. The lowest BCUT2D eigenvalue weighted by molar-refractivity contribution is -0.163. The van der Waals surface area contributed by atoms with E-state index >= 15 is 0 Å². The number of aliphatic hydroxyl groups is 1. The second-order valence-electron chi connectivity index (χ2n) is 6.84. The molecule has 0 spiro atoms. The summed E-state index contributed by atoms with van der Waals surface area (Å²) in [6.45, 7) is 7.34. The minimum absolute atomic E-state index is 0.0483. The van der Waals surface area contributed by atoms with Gasteiger partial charge in [-0.2, -0.15) is 0 Å². The minimum atomic E-state index is -1.11. The molecule has 25 heavy (non-hydrogen) atoms. The van der Waals surface area contributed by atoms with Crippen LogP contribution in [0.15, 0.2) is 11.9 Å². The summed E-state index contributed by atoms with van der Waals surface area (Å²) in [6.07, 6.45) is 1.11. The highest BCUT2D eigenvalue weighted by molar-refractivity contribution is 7.18. The highest BCUT2D eigenvalue weighted by atomic mass is 32.1. The van der Waals surface area contributed by atoms with Crippen molar-refractivity contribution in [2.75, 3.05) is 0 Å². The number of hydrogen-bond acceptors (Lipinski definition) is 5. The summed E-state index contributed by atoms with van der Waals surface area (Å²) in [5.41, 5.74) is 1.62. The Morgan fingerprint density at radius 1 is 1.40 bits per heavy atom. The Morgan fingerprint density at radius 2 is 2.08 bits per heavy atom. The SMILES string of the molecule is Cc1nc(C)n2cc(C3=C(C(=O)O)N4C(=O)[C@H]([C@@H](C)O)[C@H]4[C@H]3C)sc12. The standard InChI is InChI=1S/C17H19N3O4S/c1-6-11(10-5-19-9(4)18-7(2)16(19)25-10)14(17(23)24)20-13(6)12(8(3)21)15(20)22/h5-6,8,12-13,21H,1-4H3,(H,23,24)/t6-,8+,12+,13+/m0/s1. The van der Waals surface area contributed by atoms with Gasteiger partial charge >= 0.3 is 5.97 Å². The van der Waals surface area contributed by atoms with E-state index in [4.69, 9.17) is 0 Å². The maximum atomic E-state index is 12.4. The molecule has 2 N–H and O–H groups in total. The van der Waals surface area contributed by atoms with E-state index in [0.717, 1.165) is 21.2 Å². The fourth-order valence-electron chi connectivity index (χ4n) is 4.21. The zero-order chi connectivity index (χ0) is 18.2. The van der Waals surface area contributed by atoms with E-state index in [-0.39, 0.29) is 23.6 Å². The third-order valence-corrected chi connectivity index (χ3v) is 6.53. The smallest absolute Gasteiger partial charge is 0.352 e. The molecule has 2 aromatic heterocycles. The lowest BCUT2D eigenvalue weighted by Crippen LogP contribution is -2.63. The van der Waals surface area contributed by atoms with Gasteiger partial charge in [0.15, 0.2) is 0 Å². The molecular formula is C17H19N3O4S. The number of carboxylic acid groups (broad SMARTS) is 1. The number of rotatable bonds is 3. The summed E-state index contributed by atoms with van der Waals surface area (Å²) in [6, 6.07) is -0.296. The lowest BCUT2D eigenvalue weighted by Gasteiger charge is -2.46. The highest BCUT2D eigenvalue weighted by Crippen LogP contribution is 2.51. The van der Waals surface area contributed by atoms with Crippen LogP contribution in [0.1, 0.15) is 30.2 Å².